The molecular formula is C26H27N3O3S. The van der Waals surface area contributed by atoms with Crippen LogP contribution in [0.15, 0.2) is 66.0 Å². The van der Waals surface area contributed by atoms with Crippen molar-refractivity contribution in [2.75, 3.05) is 38.2 Å². The number of rotatable bonds is 6. The fourth-order valence-corrected chi connectivity index (χ4v) is 5.51. The average Bonchev–Trinajstić information content (AvgIpc) is 3.51. The number of thiophene rings is 1. The fraction of sp³-hybridized carbons (Fsp3) is 0.308. The number of piperazine rings is 1. The molecule has 170 valence electrons. The Morgan fingerprint density at radius 3 is 2.42 bits per heavy atom. The first-order valence-electron chi connectivity index (χ1n) is 11.2. The first-order valence-corrected chi connectivity index (χ1v) is 12.1. The molecular weight excluding hydrogens is 434 g/mol. The molecule has 2 aliphatic rings. The van der Waals surface area contributed by atoms with Crippen molar-refractivity contribution in [2.24, 2.45) is 0 Å². The van der Waals surface area contributed by atoms with Gasteiger partial charge in [-0.15, -0.1) is 11.3 Å². The van der Waals surface area contributed by atoms with Crippen molar-refractivity contribution in [1.29, 1.82) is 0 Å². The predicted molar refractivity (Wildman–Crippen MR) is 130 cm³/mol. The van der Waals surface area contributed by atoms with Crippen molar-refractivity contribution in [3.05, 3.63) is 82.0 Å². The molecule has 0 bridgehead atoms. The molecule has 0 aliphatic carbocycles. The molecule has 0 spiro atoms. The first-order chi connectivity index (χ1) is 16.1. The minimum Gasteiger partial charge on any atom is -0.497 e. The lowest BCUT2D eigenvalue weighted by Gasteiger charge is -2.37. The van der Waals surface area contributed by atoms with Gasteiger partial charge in [-0.2, -0.15) is 0 Å². The van der Waals surface area contributed by atoms with E-state index in [1.807, 2.05) is 63.7 Å². The van der Waals surface area contributed by atoms with Gasteiger partial charge in [-0.25, -0.2) is 0 Å². The standard InChI is InChI=1S/C26H27N3O3S/c1-32-21-10-8-20(9-11-21)27-12-14-28(15-13-27)25(30)17-23(24-7-4-16-33-24)29-18-19-5-2-3-6-22(19)26(29)31/h2-11,16,23H,12-15,17-18H2,1H3/t23-/m0/s1. The number of methoxy groups -OCH3 is 1. The topological polar surface area (TPSA) is 53.1 Å². The highest BCUT2D eigenvalue weighted by Crippen LogP contribution is 2.36. The van der Waals surface area contributed by atoms with E-state index in [1.165, 1.54) is 0 Å². The third kappa shape index (κ3) is 4.33. The largest absolute Gasteiger partial charge is 0.497 e. The summed E-state index contributed by atoms with van der Waals surface area (Å²) in [6.45, 7) is 3.48. The van der Waals surface area contributed by atoms with Crippen LogP contribution >= 0.6 is 11.3 Å². The molecule has 5 rings (SSSR count). The molecule has 1 aromatic heterocycles. The van der Waals surface area contributed by atoms with Gasteiger partial charge in [0.2, 0.25) is 5.91 Å². The van der Waals surface area contributed by atoms with Crippen LogP contribution in [0.5, 0.6) is 5.75 Å². The molecule has 2 amide bonds. The van der Waals surface area contributed by atoms with Gasteiger partial charge in [0.1, 0.15) is 5.75 Å². The highest BCUT2D eigenvalue weighted by atomic mass is 32.1. The average molecular weight is 462 g/mol. The third-order valence-corrected chi connectivity index (χ3v) is 7.51. The highest BCUT2D eigenvalue weighted by Gasteiger charge is 2.36. The SMILES string of the molecule is COc1ccc(N2CCN(C(=O)C[C@@H](c3cccs3)N3Cc4ccccc4C3=O)CC2)cc1. The van der Waals surface area contributed by atoms with Gasteiger partial charge in [-0.05, 0) is 47.3 Å². The van der Waals surface area contributed by atoms with E-state index in [0.29, 0.717) is 26.1 Å². The van der Waals surface area contributed by atoms with Crippen LogP contribution in [0.25, 0.3) is 0 Å². The molecule has 0 N–H and O–H groups in total. The van der Waals surface area contributed by atoms with Crippen LogP contribution in [0.2, 0.25) is 0 Å². The summed E-state index contributed by atoms with van der Waals surface area (Å²) in [7, 11) is 1.66. The Kier molecular flexibility index (Phi) is 6.05. The summed E-state index contributed by atoms with van der Waals surface area (Å²) in [6.07, 6.45) is 0.308. The molecule has 6 nitrogen and oxygen atoms in total. The molecule has 3 aromatic rings. The first kappa shape index (κ1) is 21.5. The lowest BCUT2D eigenvalue weighted by molar-refractivity contribution is -0.132. The van der Waals surface area contributed by atoms with E-state index >= 15 is 0 Å². The van der Waals surface area contributed by atoms with E-state index in [4.69, 9.17) is 4.74 Å². The normalized spacial score (nSPS) is 16.6. The summed E-state index contributed by atoms with van der Waals surface area (Å²) in [6, 6.07) is 19.5. The molecule has 7 heteroatoms. The summed E-state index contributed by atoms with van der Waals surface area (Å²) >= 11 is 1.60. The van der Waals surface area contributed by atoms with Crippen LogP contribution in [0.4, 0.5) is 5.69 Å². The van der Waals surface area contributed by atoms with Gasteiger partial charge in [-0.3, -0.25) is 9.59 Å². The lowest BCUT2D eigenvalue weighted by atomic mass is 10.1. The van der Waals surface area contributed by atoms with Gasteiger partial charge in [0, 0.05) is 48.9 Å². The van der Waals surface area contributed by atoms with E-state index in [9.17, 15) is 9.59 Å². The van der Waals surface area contributed by atoms with Gasteiger partial charge in [0.25, 0.3) is 5.91 Å². The van der Waals surface area contributed by atoms with E-state index in [0.717, 1.165) is 40.5 Å². The number of anilines is 1. The number of amides is 2. The maximum Gasteiger partial charge on any atom is 0.255 e. The minimum absolute atomic E-state index is 0.0149. The summed E-state index contributed by atoms with van der Waals surface area (Å²) < 4.78 is 5.24. The van der Waals surface area contributed by atoms with Crippen molar-refractivity contribution >= 4 is 28.8 Å². The summed E-state index contributed by atoms with van der Waals surface area (Å²) in [5.74, 6) is 0.957. The summed E-state index contributed by atoms with van der Waals surface area (Å²) in [4.78, 5) is 33.6. The van der Waals surface area contributed by atoms with E-state index in [2.05, 4.69) is 17.0 Å². The summed E-state index contributed by atoms with van der Waals surface area (Å²) in [5, 5.41) is 2.01. The zero-order chi connectivity index (χ0) is 22.8. The molecule has 3 heterocycles. The second-order valence-electron chi connectivity index (χ2n) is 8.39. The highest BCUT2D eigenvalue weighted by molar-refractivity contribution is 7.10. The van der Waals surface area contributed by atoms with E-state index in [1.54, 1.807) is 18.4 Å². The molecule has 1 saturated heterocycles. The van der Waals surface area contributed by atoms with Crippen molar-refractivity contribution < 1.29 is 14.3 Å². The van der Waals surface area contributed by atoms with Crippen LogP contribution in [-0.4, -0.2) is 54.9 Å². The number of hydrogen-bond acceptors (Lipinski definition) is 5. The Morgan fingerprint density at radius 2 is 1.76 bits per heavy atom. The Bertz CT molecular complexity index is 1120. The van der Waals surface area contributed by atoms with Crippen LogP contribution in [0, 0.1) is 0 Å². The second-order valence-corrected chi connectivity index (χ2v) is 9.37. The number of hydrogen-bond donors (Lipinski definition) is 0. The molecule has 2 aliphatic heterocycles. The molecule has 0 unspecified atom stereocenters. The van der Waals surface area contributed by atoms with Gasteiger partial charge >= 0.3 is 0 Å². The number of fused-ring (bicyclic) bond motifs is 1. The lowest BCUT2D eigenvalue weighted by Crippen LogP contribution is -2.49. The number of benzene rings is 2. The smallest absolute Gasteiger partial charge is 0.255 e. The maximum absolute atomic E-state index is 13.3. The van der Waals surface area contributed by atoms with Crippen LogP contribution < -0.4 is 9.64 Å². The Balaban J connectivity index is 1.26. The number of carbonyl (C=O) groups is 2. The van der Waals surface area contributed by atoms with Gasteiger partial charge in [0.05, 0.1) is 19.6 Å². The van der Waals surface area contributed by atoms with Crippen LogP contribution in [0.1, 0.15) is 33.3 Å². The molecule has 33 heavy (non-hydrogen) atoms. The third-order valence-electron chi connectivity index (χ3n) is 6.54. The van der Waals surface area contributed by atoms with Crippen molar-refractivity contribution in [3.63, 3.8) is 0 Å². The Hall–Kier alpha value is -3.32. The minimum atomic E-state index is -0.239. The van der Waals surface area contributed by atoms with Gasteiger partial charge in [0.15, 0.2) is 0 Å². The second kappa shape index (κ2) is 9.27. The number of nitrogens with zero attached hydrogens (tertiary/aromatic N) is 3. The van der Waals surface area contributed by atoms with Crippen molar-refractivity contribution in [3.8, 4) is 5.75 Å². The number of ether oxygens (including phenoxy) is 1. The maximum atomic E-state index is 13.3. The predicted octanol–water partition coefficient (Wildman–Crippen LogP) is 4.19. The van der Waals surface area contributed by atoms with E-state index in [-0.39, 0.29) is 17.9 Å². The van der Waals surface area contributed by atoms with E-state index < -0.39 is 0 Å². The fourth-order valence-electron chi connectivity index (χ4n) is 4.68. The molecule has 1 atom stereocenters. The quantitative estimate of drug-likeness (QED) is 0.552. The van der Waals surface area contributed by atoms with Gasteiger partial charge < -0.3 is 19.4 Å². The number of carbonyl (C=O) groups excluding carboxylic acids is 2. The molecule has 1 fully saturated rings. The van der Waals surface area contributed by atoms with Crippen molar-refractivity contribution in [2.45, 2.75) is 19.0 Å². The molecule has 0 saturated carbocycles. The Morgan fingerprint density at radius 1 is 1.00 bits per heavy atom. The zero-order valence-electron chi connectivity index (χ0n) is 18.6. The van der Waals surface area contributed by atoms with Crippen LogP contribution in [0.3, 0.4) is 0 Å². The molecule has 2 aromatic carbocycles. The molecule has 0 radical (unpaired) electrons. The Labute approximate surface area is 198 Å². The zero-order valence-corrected chi connectivity index (χ0v) is 19.5. The van der Waals surface area contributed by atoms with Crippen LogP contribution in [-0.2, 0) is 11.3 Å². The summed E-state index contributed by atoms with van der Waals surface area (Å²) in [5.41, 5.74) is 2.92. The van der Waals surface area contributed by atoms with Crippen molar-refractivity contribution in [1.82, 2.24) is 9.80 Å². The monoisotopic (exact) mass is 461 g/mol. The van der Waals surface area contributed by atoms with Gasteiger partial charge in [-0.1, -0.05) is 24.3 Å².